The Balaban J connectivity index is 1.30. The molecule has 0 spiro atoms. The molecule has 2 aromatic rings. The summed E-state index contributed by atoms with van der Waals surface area (Å²) in [7, 11) is 0. The van der Waals surface area contributed by atoms with Gasteiger partial charge in [-0.1, -0.05) is 29.8 Å². The highest BCUT2D eigenvalue weighted by atomic mass is 35.5. The standard InChI is InChI=1S/C22H26ClN5O2/c1-16(21(29)25-20-8-7-17(23)15-24-20)26-11-13-27(14-12-26)19-9-10-28(22(19)30)18-5-3-2-4-6-18/h2-8,15-16,19H,9-14H2,1H3,(H,24,25,29)/t16-,19-/m1/s1. The zero-order valence-corrected chi connectivity index (χ0v) is 17.8. The van der Waals surface area contributed by atoms with Crippen LogP contribution in [0.3, 0.4) is 0 Å². The van der Waals surface area contributed by atoms with Gasteiger partial charge in [0.25, 0.3) is 0 Å². The van der Waals surface area contributed by atoms with Gasteiger partial charge < -0.3 is 10.2 Å². The summed E-state index contributed by atoms with van der Waals surface area (Å²) < 4.78 is 0. The van der Waals surface area contributed by atoms with Gasteiger partial charge in [0.2, 0.25) is 11.8 Å². The van der Waals surface area contributed by atoms with Gasteiger partial charge in [-0.2, -0.15) is 0 Å². The van der Waals surface area contributed by atoms with E-state index in [0.29, 0.717) is 10.8 Å². The van der Waals surface area contributed by atoms with Crippen molar-refractivity contribution in [2.75, 3.05) is 42.9 Å². The number of nitrogens with zero attached hydrogens (tertiary/aromatic N) is 4. The summed E-state index contributed by atoms with van der Waals surface area (Å²) in [4.78, 5) is 35.9. The van der Waals surface area contributed by atoms with E-state index in [0.717, 1.165) is 44.8 Å². The molecule has 7 nitrogen and oxygen atoms in total. The third-order valence-electron chi connectivity index (χ3n) is 5.94. The van der Waals surface area contributed by atoms with Crippen molar-refractivity contribution in [3.05, 3.63) is 53.7 Å². The molecule has 1 aromatic heterocycles. The molecule has 0 saturated carbocycles. The molecule has 1 aromatic carbocycles. The molecule has 0 radical (unpaired) electrons. The van der Waals surface area contributed by atoms with E-state index in [1.54, 1.807) is 12.1 Å². The molecule has 1 N–H and O–H groups in total. The number of aromatic nitrogens is 1. The first kappa shape index (κ1) is 20.8. The summed E-state index contributed by atoms with van der Waals surface area (Å²) in [5, 5.41) is 3.37. The van der Waals surface area contributed by atoms with Gasteiger partial charge in [-0.3, -0.25) is 19.4 Å². The van der Waals surface area contributed by atoms with Crippen LogP contribution >= 0.6 is 11.6 Å². The summed E-state index contributed by atoms with van der Waals surface area (Å²) >= 11 is 5.84. The second-order valence-corrected chi connectivity index (χ2v) is 8.17. The number of hydrogen-bond acceptors (Lipinski definition) is 5. The zero-order chi connectivity index (χ0) is 21.1. The van der Waals surface area contributed by atoms with E-state index in [4.69, 9.17) is 11.6 Å². The summed E-state index contributed by atoms with van der Waals surface area (Å²) in [6.45, 7) is 5.70. The lowest BCUT2D eigenvalue weighted by Gasteiger charge is -2.39. The average molecular weight is 428 g/mol. The van der Waals surface area contributed by atoms with E-state index in [-0.39, 0.29) is 23.9 Å². The summed E-state index contributed by atoms with van der Waals surface area (Å²) in [6.07, 6.45) is 2.35. The number of para-hydroxylation sites is 1. The Morgan fingerprint density at radius 3 is 2.50 bits per heavy atom. The lowest BCUT2D eigenvalue weighted by atomic mass is 10.1. The third-order valence-corrected chi connectivity index (χ3v) is 6.16. The van der Waals surface area contributed by atoms with Crippen molar-refractivity contribution < 1.29 is 9.59 Å². The highest BCUT2D eigenvalue weighted by Gasteiger charge is 2.38. The van der Waals surface area contributed by atoms with Crippen molar-refractivity contribution in [2.24, 2.45) is 0 Å². The van der Waals surface area contributed by atoms with E-state index in [1.807, 2.05) is 42.2 Å². The first-order chi connectivity index (χ1) is 14.5. The SMILES string of the molecule is C[C@H](C(=O)Nc1ccc(Cl)cn1)N1CCN([C@@H]2CCN(c3ccccc3)C2=O)CC1. The number of benzene rings is 1. The van der Waals surface area contributed by atoms with Gasteiger partial charge in [0.05, 0.1) is 17.1 Å². The molecule has 0 bridgehead atoms. The first-order valence-electron chi connectivity index (χ1n) is 10.3. The number of amides is 2. The molecule has 0 unspecified atom stereocenters. The summed E-state index contributed by atoms with van der Waals surface area (Å²) in [6, 6.07) is 12.9. The molecule has 2 fully saturated rings. The lowest BCUT2D eigenvalue weighted by molar-refractivity contribution is -0.125. The fourth-order valence-electron chi connectivity index (χ4n) is 4.15. The molecule has 2 aliphatic rings. The number of halogens is 1. The van der Waals surface area contributed by atoms with Crippen molar-refractivity contribution in [1.29, 1.82) is 0 Å². The van der Waals surface area contributed by atoms with Crippen molar-refractivity contribution in [3.8, 4) is 0 Å². The fraction of sp³-hybridized carbons (Fsp3) is 0.409. The van der Waals surface area contributed by atoms with E-state index in [2.05, 4.69) is 20.1 Å². The molecule has 2 saturated heterocycles. The fourth-order valence-corrected chi connectivity index (χ4v) is 4.26. The van der Waals surface area contributed by atoms with Crippen LogP contribution in [0.5, 0.6) is 0 Å². The molecule has 158 valence electrons. The normalized spacial score (nSPS) is 21.6. The smallest absolute Gasteiger partial charge is 0.244 e. The number of hydrogen-bond donors (Lipinski definition) is 1. The molecule has 0 aliphatic carbocycles. The Bertz CT molecular complexity index is 884. The van der Waals surface area contributed by atoms with E-state index < -0.39 is 0 Å². The van der Waals surface area contributed by atoms with Gasteiger partial charge in [-0.25, -0.2) is 4.98 Å². The molecule has 30 heavy (non-hydrogen) atoms. The molecular weight excluding hydrogens is 402 g/mol. The second kappa shape index (κ2) is 9.12. The molecule has 2 aliphatic heterocycles. The molecule has 2 amide bonds. The van der Waals surface area contributed by atoms with E-state index in [9.17, 15) is 9.59 Å². The van der Waals surface area contributed by atoms with Crippen LogP contribution in [0.2, 0.25) is 5.02 Å². The number of carbonyl (C=O) groups excluding carboxylic acids is 2. The summed E-state index contributed by atoms with van der Waals surface area (Å²) in [5.41, 5.74) is 0.963. The molecule has 8 heteroatoms. The zero-order valence-electron chi connectivity index (χ0n) is 17.0. The molecular formula is C22H26ClN5O2. The van der Waals surface area contributed by atoms with Gasteiger partial charge in [-0.05, 0) is 37.6 Å². The Morgan fingerprint density at radius 1 is 1.10 bits per heavy atom. The van der Waals surface area contributed by atoms with Crippen LogP contribution in [0.25, 0.3) is 0 Å². The van der Waals surface area contributed by atoms with Crippen molar-refractivity contribution in [2.45, 2.75) is 25.4 Å². The van der Waals surface area contributed by atoms with Gasteiger partial charge >= 0.3 is 0 Å². The number of pyridine rings is 1. The number of rotatable bonds is 5. The summed E-state index contributed by atoms with van der Waals surface area (Å²) in [5.74, 6) is 0.576. The minimum Gasteiger partial charge on any atom is -0.311 e. The number of anilines is 2. The average Bonchev–Trinajstić information content (AvgIpc) is 3.17. The van der Waals surface area contributed by atoms with Crippen LogP contribution in [0, 0.1) is 0 Å². The van der Waals surface area contributed by atoms with Gasteiger partial charge in [-0.15, -0.1) is 0 Å². The van der Waals surface area contributed by atoms with Crippen LogP contribution in [-0.2, 0) is 9.59 Å². The van der Waals surface area contributed by atoms with Crippen LogP contribution in [0.15, 0.2) is 48.7 Å². The van der Waals surface area contributed by atoms with Crippen LogP contribution in [-0.4, -0.2) is 71.4 Å². The maximum Gasteiger partial charge on any atom is 0.244 e. The molecule has 2 atom stereocenters. The largest absolute Gasteiger partial charge is 0.311 e. The van der Waals surface area contributed by atoms with Gasteiger partial charge in [0, 0.05) is 44.6 Å². The quantitative estimate of drug-likeness (QED) is 0.794. The second-order valence-electron chi connectivity index (χ2n) is 7.73. The van der Waals surface area contributed by atoms with E-state index in [1.165, 1.54) is 6.20 Å². The number of piperazine rings is 1. The number of carbonyl (C=O) groups is 2. The highest BCUT2D eigenvalue weighted by Crippen LogP contribution is 2.25. The first-order valence-corrected chi connectivity index (χ1v) is 10.7. The Hall–Kier alpha value is -2.48. The Labute approximate surface area is 181 Å². The van der Waals surface area contributed by atoms with Crippen molar-refractivity contribution in [3.63, 3.8) is 0 Å². The van der Waals surface area contributed by atoms with Crippen LogP contribution in [0.1, 0.15) is 13.3 Å². The third kappa shape index (κ3) is 4.48. The van der Waals surface area contributed by atoms with Crippen LogP contribution in [0.4, 0.5) is 11.5 Å². The molecule has 3 heterocycles. The highest BCUT2D eigenvalue weighted by molar-refractivity contribution is 6.30. The van der Waals surface area contributed by atoms with Crippen molar-refractivity contribution in [1.82, 2.24) is 14.8 Å². The van der Waals surface area contributed by atoms with Crippen molar-refractivity contribution >= 4 is 34.9 Å². The molecule has 4 rings (SSSR count). The minimum atomic E-state index is -0.273. The Kier molecular flexibility index (Phi) is 6.32. The monoisotopic (exact) mass is 427 g/mol. The maximum absolute atomic E-state index is 12.9. The van der Waals surface area contributed by atoms with E-state index >= 15 is 0 Å². The minimum absolute atomic E-state index is 0.0743. The maximum atomic E-state index is 12.9. The number of nitrogens with one attached hydrogen (secondary N) is 1. The predicted octanol–water partition coefficient (Wildman–Crippen LogP) is 2.49. The van der Waals surface area contributed by atoms with Gasteiger partial charge in [0.15, 0.2) is 0 Å². The Morgan fingerprint density at radius 2 is 1.83 bits per heavy atom. The lowest BCUT2D eigenvalue weighted by Crippen LogP contribution is -2.56. The topological polar surface area (TPSA) is 68.8 Å². The predicted molar refractivity (Wildman–Crippen MR) is 118 cm³/mol. The van der Waals surface area contributed by atoms with Crippen LogP contribution < -0.4 is 10.2 Å². The van der Waals surface area contributed by atoms with Gasteiger partial charge in [0.1, 0.15) is 5.82 Å².